The zero-order chi connectivity index (χ0) is 19.2. The molecule has 0 aliphatic heterocycles. The number of benzene rings is 2. The summed E-state index contributed by atoms with van der Waals surface area (Å²) in [4.78, 5) is 17.2. The molecule has 0 aliphatic rings. The highest BCUT2D eigenvalue weighted by Gasteiger charge is 2.41. The maximum Gasteiger partial charge on any atom is 0.233 e. The van der Waals surface area contributed by atoms with Gasteiger partial charge in [0, 0.05) is 14.1 Å². The molecule has 0 heterocycles. The zero-order valence-corrected chi connectivity index (χ0v) is 16.3. The van der Waals surface area contributed by atoms with Crippen molar-refractivity contribution in [3.63, 3.8) is 0 Å². The number of hydrogen-bond donors (Lipinski definition) is 1. The van der Waals surface area contributed by atoms with Gasteiger partial charge in [-0.1, -0.05) is 48.5 Å². The molecule has 0 aliphatic carbocycles. The van der Waals surface area contributed by atoms with Crippen molar-refractivity contribution >= 4 is 5.91 Å². The first-order valence-electron chi connectivity index (χ1n) is 9.06. The second kappa shape index (κ2) is 8.86. The number of amides is 1. The smallest absolute Gasteiger partial charge is 0.233 e. The van der Waals surface area contributed by atoms with Crippen LogP contribution in [0.15, 0.2) is 54.6 Å². The molecule has 1 N–H and O–H groups in total. The summed E-state index contributed by atoms with van der Waals surface area (Å²) in [6.07, 6.45) is 2.10. The summed E-state index contributed by atoms with van der Waals surface area (Å²) in [6.45, 7) is 0.913. The first kappa shape index (κ1) is 20.0. The maximum atomic E-state index is 13.4. The molecule has 140 valence electrons. The quantitative estimate of drug-likeness (QED) is 0.791. The predicted molar refractivity (Wildman–Crippen MR) is 106 cm³/mol. The van der Waals surface area contributed by atoms with Crippen LogP contribution < -0.4 is 0 Å². The Bertz CT molecular complexity index is 713. The summed E-state index contributed by atoms with van der Waals surface area (Å²) in [7, 11) is 7.69. The van der Waals surface area contributed by atoms with Crippen LogP contribution in [0.1, 0.15) is 24.0 Å². The first-order chi connectivity index (χ1) is 12.4. The average molecular weight is 354 g/mol. The van der Waals surface area contributed by atoms with E-state index in [1.54, 1.807) is 25.1 Å². The first-order valence-corrected chi connectivity index (χ1v) is 9.06. The molecule has 0 aromatic heterocycles. The summed E-state index contributed by atoms with van der Waals surface area (Å²) in [5, 5.41) is 10.3. The Hall–Kier alpha value is -2.33. The van der Waals surface area contributed by atoms with E-state index in [2.05, 4.69) is 4.90 Å². The van der Waals surface area contributed by atoms with Gasteiger partial charge < -0.3 is 14.9 Å². The Morgan fingerprint density at radius 2 is 1.58 bits per heavy atom. The standard InChI is InChI=1S/C22H30N2O2/c1-23(2)16-10-15-22(21(26)24(3)4,19-12-6-5-7-13-19)17-18-11-8-9-14-20(18)25/h5-9,11-14,25H,10,15-17H2,1-4H3. The largest absolute Gasteiger partial charge is 0.508 e. The lowest BCUT2D eigenvalue weighted by molar-refractivity contribution is -0.135. The number of aromatic hydroxyl groups is 1. The van der Waals surface area contributed by atoms with Crippen molar-refractivity contribution in [2.75, 3.05) is 34.7 Å². The topological polar surface area (TPSA) is 43.8 Å². The Kier molecular flexibility index (Phi) is 6.81. The highest BCUT2D eigenvalue weighted by atomic mass is 16.3. The lowest BCUT2D eigenvalue weighted by Gasteiger charge is -2.36. The van der Waals surface area contributed by atoms with Gasteiger partial charge in [0.15, 0.2) is 0 Å². The third kappa shape index (κ3) is 4.64. The van der Waals surface area contributed by atoms with Crippen molar-refractivity contribution in [3.05, 3.63) is 65.7 Å². The van der Waals surface area contributed by atoms with E-state index in [1.807, 2.05) is 62.6 Å². The molecular formula is C22H30N2O2. The van der Waals surface area contributed by atoms with Gasteiger partial charge in [-0.15, -0.1) is 0 Å². The molecule has 2 rings (SSSR count). The van der Waals surface area contributed by atoms with E-state index in [0.29, 0.717) is 6.42 Å². The highest BCUT2D eigenvalue weighted by molar-refractivity contribution is 5.88. The minimum Gasteiger partial charge on any atom is -0.508 e. The van der Waals surface area contributed by atoms with Crippen molar-refractivity contribution in [2.45, 2.75) is 24.7 Å². The van der Waals surface area contributed by atoms with E-state index in [9.17, 15) is 9.90 Å². The lowest BCUT2D eigenvalue weighted by atomic mass is 9.71. The number of nitrogens with zero attached hydrogens (tertiary/aromatic N) is 2. The monoisotopic (exact) mass is 354 g/mol. The van der Waals surface area contributed by atoms with Crippen LogP contribution in [0.25, 0.3) is 0 Å². The molecule has 26 heavy (non-hydrogen) atoms. The molecule has 0 bridgehead atoms. The van der Waals surface area contributed by atoms with E-state index < -0.39 is 5.41 Å². The molecule has 0 saturated carbocycles. The van der Waals surface area contributed by atoms with Crippen LogP contribution in [-0.4, -0.2) is 55.5 Å². The van der Waals surface area contributed by atoms with E-state index in [0.717, 1.165) is 30.5 Å². The Morgan fingerprint density at radius 3 is 2.15 bits per heavy atom. The van der Waals surface area contributed by atoms with Crippen molar-refractivity contribution in [3.8, 4) is 5.75 Å². The van der Waals surface area contributed by atoms with E-state index in [4.69, 9.17) is 0 Å². The van der Waals surface area contributed by atoms with Crippen LogP contribution in [0.4, 0.5) is 0 Å². The second-order valence-electron chi connectivity index (χ2n) is 7.36. The van der Waals surface area contributed by atoms with Gasteiger partial charge in [0.1, 0.15) is 5.75 Å². The average Bonchev–Trinajstić information content (AvgIpc) is 2.62. The van der Waals surface area contributed by atoms with Gasteiger partial charge in [-0.3, -0.25) is 4.79 Å². The fourth-order valence-electron chi connectivity index (χ4n) is 3.51. The molecule has 1 unspecified atom stereocenters. The van der Waals surface area contributed by atoms with Gasteiger partial charge in [-0.05, 0) is 57.1 Å². The van der Waals surface area contributed by atoms with Gasteiger partial charge in [0.05, 0.1) is 5.41 Å². The molecule has 0 saturated heterocycles. The van der Waals surface area contributed by atoms with E-state index >= 15 is 0 Å². The van der Waals surface area contributed by atoms with Gasteiger partial charge in [0.25, 0.3) is 0 Å². The zero-order valence-electron chi connectivity index (χ0n) is 16.3. The molecular weight excluding hydrogens is 324 g/mol. The third-order valence-electron chi connectivity index (χ3n) is 4.83. The number of para-hydroxylation sites is 1. The lowest BCUT2D eigenvalue weighted by Crippen LogP contribution is -2.46. The summed E-state index contributed by atoms with van der Waals surface area (Å²) in [6, 6.07) is 17.3. The Labute approximate surface area is 157 Å². The molecule has 0 radical (unpaired) electrons. The van der Waals surface area contributed by atoms with Crippen molar-refractivity contribution < 1.29 is 9.90 Å². The Morgan fingerprint density at radius 1 is 0.962 bits per heavy atom. The molecule has 2 aromatic carbocycles. The molecule has 2 aromatic rings. The third-order valence-corrected chi connectivity index (χ3v) is 4.83. The molecule has 0 spiro atoms. The maximum absolute atomic E-state index is 13.4. The normalized spacial score (nSPS) is 13.4. The number of phenolic OH excluding ortho intramolecular Hbond substituents is 1. The van der Waals surface area contributed by atoms with E-state index in [-0.39, 0.29) is 11.7 Å². The minimum atomic E-state index is -0.695. The Balaban J connectivity index is 2.51. The number of rotatable bonds is 8. The molecule has 1 amide bonds. The van der Waals surface area contributed by atoms with Crippen LogP contribution >= 0.6 is 0 Å². The van der Waals surface area contributed by atoms with Gasteiger partial charge in [-0.25, -0.2) is 0 Å². The van der Waals surface area contributed by atoms with Gasteiger partial charge >= 0.3 is 0 Å². The summed E-state index contributed by atoms with van der Waals surface area (Å²) in [5.41, 5.74) is 1.11. The SMILES string of the molecule is CN(C)CCCC(Cc1ccccc1O)(C(=O)N(C)C)c1ccccc1. The molecule has 4 nitrogen and oxygen atoms in total. The number of carbonyl (C=O) groups excluding carboxylic acids is 1. The van der Waals surface area contributed by atoms with Gasteiger partial charge in [0.2, 0.25) is 5.91 Å². The van der Waals surface area contributed by atoms with Gasteiger partial charge in [-0.2, -0.15) is 0 Å². The van der Waals surface area contributed by atoms with Crippen molar-refractivity contribution in [1.82, 2.24) is 9.80 Å². The van der Waals surface area contributed by atoms with E-state index in [1.165, 1.54) is 0 Å². The van der Waals surface area contributed by atoms with Crippen LogP contribution in [0.3, 0.4) is 0 Å². The van der Waals surface area contributed by atoms with Crippen molar-refractivity contribution in [2.24, 2.45) is 0 Å². The minimum absolute atomic E-state index is 0.0747. The van der Waals surface area contributed by atoms with Crippen LogP contribution in [-0.2, 0) is 16.6 Å². The molecule has 0 fully saturated rings. The van der Waals surface area contributed by atoms with Crippen LogP contribution in [0, 0.1) is 0 Å². The van der Waals surface area contributed by atoms with Crippen LogP contribution in [0.2, 0.25) is 0 Å². The summed E-state index contributed by atoms with van der Waals surface area (Å²) < 4.78 is 0. The highest BCUT2D eigenvalue weighted by Crippen LogP contribution is 2.37. The number of carbonyl (C=O) groups is 1. The fraction of sp³-hybridized carbons (Fsp3) is 0.409. The predicted octanol–water partition coefficient (Wildman–Crippen LogP) is 3.30. The second-order valence-corrected chi connectivity index (χ2v) is 7.36. The summed E-state index contributed by atoms with van der Waals surface area (Å²) >= 11 is 0. The number of hydrogen-bond acceptors (Lipinski definition) is 3. The fourth-order valence-corrected chi connectivity index (χ4v) is 3.51. The van der Waals surface area contributed by atoms with Crippen LogP contribution in [0.5, 0.6) is 5.75 Å². The number of likely N-dealkylation sites (N-methyl/N-ethyl adjacent to an activating group) is 1. The molecule has 4 heteroatoms. The summed E-state index contributed by atoms with van der Waals surface area (Å²) in [5.74, 6) is 0.317. The van der Waals surface area contributed by atoms with Crippen molar-refractivity contribution in [1.29, 1.82) is 0 Å². The molecule has 1 atom stereocenters. The number of phenols is 1.